The standard InChI is InChI=1S/C51H60Si/c1-12-36-24-37(13-2)26-43(25-36)49(52-46-30-40(38-20-16-14-17-21-38)27-41(31-46)39-22-18-15-19-23-39)48-35(5)33(3)34(4)47(48)42-28-44(50(6,7)8)32-45(29-42)51(9,10)11/h14-32,48-49H,12-13,52H2,1-11H3. The van der Waals surface area contributed by atoms with Crippen molar-refractivity contribution in [2.24, 2.45) is 5.92 Å². The van der Waals surface area contributed by atoms with Crippen LogP contribution < -0.4 is 5.19 Å². The van der Waals surface area contributed by atoms with E-state index in [9.17, 15) is 0 Å². The average Bonchev–Trinajstić information content (AvgIpc) is 3.36. The van der Waals surface area contributed by atoms with Gasteiger partial charge in [0.15, 0.2) is 0 Å². The fraction of sp³-hybridized carbons (Fsp3) is 0.333. The first-order valence-corrected chi connectivity index (χ1v) is 21.1. The van der Waals surface area contributed by atoms with E-state index in [0.29, 0.717) is 11.5 Å². The Kier molecular flexibility index (Phi) is 10.9. The van der Waals surface area contributed by atoms with Crippen LogP contribution in [0.25, 0.3) is 27.8 Å². The molecule has 1 aliphatic carbocycles. The summed E-state index contributed by atoms with van der Waals surface area (Å²) in [5.74, 6) is 0.326. The van der Waals surface area contributed by atoms with E-state index < -0.39 is 9.52 Å². The summed E-state index contributed by atoms with van der Waals surface area (Å²) in [7, 11) is -0.881. The maximum Gasteiger partial charge on any atom is 0.0636 e. The Balaban J connectivity index is 1.60. The van der Waals surface area contributed by atoms with Crippen LogP contribution in [0.2, 0.25) is 0 Å². The zero-order valence-corrected chi connectivity index (χ0v) is 35.2. The summed E-state index contributed by atoms with van der Waals surface area (Å²) in [5, 5.41) is 1.53. The minimum Gasteiger partial charge on any atom is -0.0650 e. The van der Waals surface area contributed by atoms with Crippen molar-refractivity contribution in [3.05, 3.63) is 165 Å². The summed E-state index contributed by atoms with van der Waals surface area (Å²) >= 11 is 0. The highest BCUT2D eigenvalue weighted by molar-refractivity contribution is 6.55. The monoisotopic (exact) mass is 700 g/mol. The molecular formula is C51H60Si. The van der Waals surface area contributed by atoms with Crippen molar-refractivity contribution >= 4 is 20.3 Å². The lowest BCUT2D eigenvalue weighted by Gasteiger charge is -2.32. The summed E-state index contributed by atoms with van der Waals surface area (Å²) in [6.45, 7) is 26.0. The Labute approximate surface area is 318 Å². The molecular weight excluding hydrogens is 641 g/mol. The number of rotatable bonds is 9. The third-order valence-corrected chi connectivity index (χ3v) is 14.0. The van der Waals surface area contributed by atoms with Crippen molar-refractivity contribution in [3.8, 4) is 22.3 Å². The first-order chi connectivity index (χ1) is 24.7. The van der Waals surface area contributed by atoms with Crippen LogP contribution in [0.5, 0.6) is 0 Å². The molecule has 0 aromatic heterocycles. The molecule has 0 saturated heterocycles. The minimum absolute atomic E-state index is 0.0570. The van der Waals surface area contributed by atoms with Crippen LogP contribution in [0.1, 0.15) is 115 Å². The largest absolute Gasteiger partial charge is 0.0650 e. The fourth-order valence-electron chi connectivity index (χ4n) is 8.23. The summed E-state index contributed by atoms with van der Waals surface area (Å²) in [6, 6.07) is 44.5. The second-order valence-electron chi connectivity index (χ2n) is 17.4. The molecule has 52 heavy (non-hydrogen) atoms. The predicted octanol–water partition coefficient (Wildman–Crippen LogP) is 12.7. The quantitative estimate of drug-likeness (QED) is 0.134. The normalized spacial score (nSPS) is 16.0. The van der Waals surface area contributed by atoms with Crippen LogP contribution in [0, 0.1) is 5.92 Å². The van der Waals surface area contributed by atoms with Gasteiger partial charge in [-0.2, -0.15) is 0 Å². The van der Waals surface area contributed by atoms with Gasteiger partial charge in [-0.3, -0.25) is 0 Å². The minimum atomic E-state index is -0.881. The Morgan fingerprint density at radius 3 is 1.44 bits per heavy atom. The van der Waals surface area contributed by atoms with Crippen molar-refractivity contribution in [2.45, 2.75) is 105 Å². The van der Waals surface area contributed by atoms with Gasteiger partial charge in [0.25, 0.3) is 0 Å². The van der Waals surface area contributed by atoms with E-state index in [1.807, 2.05) is 0 Å². The number of aryl methyl sites for hydroxylation is 2. The molecule has 0 aliphatic heterocycles. The zero-order valence-electron chi connectivity index (χ0n) is 33.7. The smallest absolute Gasteiger partial charge is 0.0636 e. The van der Waals surface area contributed by atoms with E-state index in [1.165, 1.54) is 72.0 Å². The summed E-state index contributed by atoms with van der Waals surface area (Å²) in [6.07, 6.45) is 2.11. The van der Waals surface area contributed by atoms with Gasteiger partial charge in [-0.15, -0.1) is 0 Å². The van der Waals surface area contributed by atoms with Crippen molar-refractivity contribution < 1.29 is 0 Å². The Bertz CT molecular complexity index is 2000. The van der Waals surface area contributed by atoms with Crippen LogP contribution in [0.3, 0.4) is 0 Å². The van der Waals surface area contributed by atoms with Gasteiger partial charge in [0, 0.05) is 5.92 Å². The average molecular weight is 701 g/mol. The molecule has 1 aliphatic rings. The Morgan fingerprint density at radius 1 is 0.519 bits per heavy atom. The number of allylic oxidation sites excluding steroid dienone is 4. The van der Waals surface area contributed by atoms with Crippen molar-refractivity contribution in [1.29, 1.82) is 0 Å². The number of hydrogen-bond acceptors (Lipinski definition) is 0. The Morgan fingerprint density at radius 2 is 1.00 bits per heavy atom. The molecule has 5 aromatic carbocycles. The number of benzene rings is 5. The van der Waals surface area contributed by atoms with Gasteiger partial charge in [0.05, 0.1) is 9.52 Å². The SMILES string of the molecule is CCc1cc(CC)cc(C([SiH2]c2cc(-c3ccccc3)cc(-c3ccccc3)c2)C2C(C)=C(C)C(C)=C2c2cc(C(C)(C)C)cc(C(C)(C)C)c2)c1. The lowest BCUT2D eigenvalue weighted by Crippen LogP contribution is -2.29. The topological polar surface area (TPSA) is 0 Å². The van der Waals surface area contributed by atoms with E-state index >= 15 is 0 Å². The zero-order chi connectivity index (χ0) is 37.4. The Hall–Kier alpha value is -4.20. The van der Waals surface area contributed by atoms with Crippen LogP contribution in [0.15, 0.2) is 132 Å². The van der Waals surface area contributed by atoms with Gasteiger partial charge in [0.1, 0.15) is 0 Å². The third kappa shape index (κ3) is 7.91. The second-order valence-corrected chi connectivity index (χ2v) is 19.5. The maximum atomic E-state index is 2.57. The van der Waals surface area contributed by atoms with Crippen LogP contribution in [-0.4, -0.2) is 9.52 Å². The molecule has 6 rings (SSSR count). The van der Waals surface area contributed by atoms with Gasteiger partial charge in [-0.05, 0) is 128 Å². The molecule has 2 atom stereocenters. The van der Waals surface area contributed by atoms with Crippen LogP contribution in [-0.2, 0) is 23.7 Å². The fourth-order valence-corrected chi connectivity index (χ4v) is 10.7. The molecule has 0 nitrogen and oxygen atoms in total. The molecule has 0 N–H and O–H groups in total. The summed E-state index contributed by atoms with van der Waals surface area (Å²) < 4.78 is 0. The van der Waals surface area contributed by atoms with Crippen LogP contribution >= 0.6 is 0 Å². The molecule has 1 heteroatoms. The van der Waals surface area contributed by atoms with E-state index in [4.69, 9.17) is 0 Å². The van der Waals surface area contributed by atoms with Crippen molar-refractivity contribution in [3.63, 3.8) is 0 Å². The third-order valence-electron chi connectivity index (χ3n) is 11.7. The van der Waals surface area contributed by atoms with E-state index in [0.717, 1.165) is 12.8 Å². The molecule has 5 aromatic rings. The predicted molar refractivity (Wildman–Crippen MR) is 232 cm³/mol. The molecule has 268 valence electrons. The molecule has 0 saturated carbocycles. The summed E-state index contributed by atoms with van der Waals surface area (Å²) in [5.41, 5.74) is 20.5. The van der Waals surface area contributed by atoms with Gasteiger partial charge < -0.3 is 0 Å². The van der Waals surface area contributed by atoms with Gasteiger partial charge in [0.2, 0.25) is 0 Å². The second kappa shape index (κ2) is 15.0. The van der Waals surface area contributed by atoms with E-state index in [1.54, 1.807) is 11.1 Å². The van der Waals surface area contributed by atoms with Crippen molar-refractivity contribution in [1.82, 2.24) is 0 Å². The molecule has 0 heterocycles. The van der Waals surface area contributed by atoms with E-state index in [-0.39, 0.29) is 10.8 Å². The summed E-state index contributed by atoms with van der Waals surface area (Å²) in [4.78, 5) is 0. The highest BCUT2D eigenvalue weighted by Gasteiger charge is 2.37. The van der Waals surface area contributed by atoms with Gasteiger partial charge >= 0.3 is 0 Å². The highest BCUT2D eigenvalue weighted by atomic mass is 28.2. The lowest BCUT2D eigenvalue weighted by molar-refractivity contribution is 0.568. The molecule has 0 bridgehead atoms. The first-order valence-electron chi connectivity index (χ1n) is 19.6. The molecule has 0 radical (unpaired) electrons. The lowest BCUT2D eigenvalue weighted by atomic mass is 9.76. The van der Waals surface area contributed by atoms with Gasteiger partial charge in [-0.25, -0.2) is 0 Å². The molecule has 2 unspecified atom stereocenters. The van der Waals surface area contributed by atoms with Crippen molar-refractivity contribution in [2.75, 3.05) is 0 Å². The first kappa shape index (κ1) is 37.6. The maximum absolute atomic E-state index is 2.57. The van der Waals surface area contributed by atoms with E-state index in [2.05, 4.69) is 191 Å². The molecule has 0 amide bonds. The number of hydrogen-bond donors (Lipinski definition) is 0. The molecule has 0 fully saturated rings. The van der Waals surface area contributed by atoms with Gasteiger partial charge in [-0.1, -0.05) is 175 Å². The molecule has 0 spiro atoms. The van der Waals surface area contributed by atoms with Crippen LogP contribution in [0.4, 0.5) is 0 Å². The highest BCUT2D eigenvalue weighted by Crippen LogP contribution is 2.50.